The predicted octanol–water partition coefficient (Wildman–Crippen LogP) is 1.53. The lowest BCUT2D eigenvalue weighted by atomic mass is 9.88. The van der Waals surface area contributed by atoms with Crippen molar-refractivity contribution in [2.75, 3.05) is 13.1 Å². The summed E-state index contributed by atoms with van der Waals surface area (Å²) in [5, 5.41) is 13.5. The summed E-state index contributed by atoms with van der Waals surface area (Å²) in [6.07, 6.45) is 2.36. The van der Waals surface area contributed by atoms with Crippen molar-refractivity contribution < 1.29 is 9.90 Å². The molecular formula is C13H17NO2. The topological polar surface area (TPSA) is 49.3 Å². The van der Waals surface area contributed by atoms with Crippen LogP contribution in [0.25, 0.3) is 0 Å². The summed E-state index contributed by atoms with van der Waals surface area (Å²) in [5.74, 6) is 0.308. The van der Waals surface area contributed by atoms with E-state index >= 15 is 0 Å². The first kappa shape index (κ1) is 11.3. The van der Waals surface area contributed by atoms with Gasteiger partial charge in [-0.05, 0) is 43.5 Å². The van der Waals surface area contributed by atoms with E-state index in [1.165, 1.54) is 0 Å². The lowest BCUT2D eigenvalue weighted by Crippen LogP contribution is -2.30. The third-order valence-corrected chi connectivity index (χ3v) is 3.22. The maximum atomic E-state index is 10.7. The molecule has 0 aromatic heterocycles. The lowest BCUT2D eigenvalue weighted by molar-refractivity contribution is 0.0888. The van der Waals surface area contributed by atoms with Gasteiger partial charge in [0.15, 0.2) is 0 Å². The second-order valence-corrected chi connectivity index (χ2v) is 4.32. The van der Waals surface area contributed by atoms with Crippen molar-refractivity contribution >= 4 is 6.29 Å². The molecule has 1 unspecified atom stereocenters. The fourth-order valence-electron chi connectivity index (χ4n) is 2.25. The molecule has 0 saturated carbocycles. The van der Waals surface area contributed by atoms with Gasteiger partial charge >= 0.3 is 0 Å². The summed E-state index contributed by atoms with van der Waals surface area (Å²) >= 11 is 0. The van der Waals surface area contributed by atoms with Crippen molar-refractivity contribution in [3.63, 3.8) is 0 Å². The molecule has 2 rings (SSSR count). The van der Waals surface area contributed by atoms with Crippen LogP contribution in [0, 0.1) is 5.92 Å². The van der Waals surface area contributed by atoms with E-state index in [2.05, 4.69) is 5.32 Å². The van der Waals surface area contributed by atoms with E-state index in [1.807, 2.05) is 12.1 Å². The maximum absolute atomic E-state index is 10.7. The molecule has 1 aromatic carbocycles. The van der Waals surface area contributed by atoms with E-state index in [9.17, 15) is 9.90 Å². The highest BCUT2D eigenvalue weighted by molar-refractivity contribution is 5.74. The summed E-state index contributed by atoms with van der Waals surface area (Å²) in [5.41, 5.74) is 1.49. The van der Waals surface area contributed by atoms with Crippen molar-refractivity contribution in [2.24, 2.45) is 5.92 Å². The number of hydrogen-bond donors (Lipinski definition) is 2. The summed E-state index contributed by atoms with van der Waals surface area (Å²) in [7, 11) is 0. The lowest BCUT2D eigenvalue weighted by Gasteiger charge is -2.27. The van der Waals surface area contributed by atoms with Crippen LogP contribution in [0.3, 0.4) is 0 Å². The Bertz CT molecular complexity index is 359. The molecule has 2 N–H and O–H groups in total. The molecule has 1 aliphatic heterocycles. The van der Waals surface area contributed by atoms with E-state index < -0.39 is 6.10 Å². The highest BCUT2D eigenvalue weighted by atomic mass is 16.3. The smallest absolute Gasteiger partial charge is 0.150 e. The predicted molar refractivity (Wildman–Crippen MR) is 62.4 cm³/mol. The van der Waals surface area contributed by atoms with Gasteiger partial charge in [-0.1, -0.05) is 18.2 Å². The fraction of sp³-hybridized carbons (Fsp3) is 0.462. The molecule has 16 heavy (non-hydrogen) atoms. The monoisotopic (exact) mass is 219 g/mol. The van der Waals surface area contributed by atoms with Crippen LogP contribution in [0.15, 0.2) is 24.3 Å². The zero-order chi connectivity index (χ0) is 11.4. The molecule has 1 heterocycles. The zero-order valence-corrected chi connectivity index (χ0v) is 9.23. The van der Waals surface area contributed by atoms with Gasteiger partial charge in [-0.3, -0.25) is 4.79 Å². The number of aliphatic hydroxyl groups excluding tert-OH is 1. The average Bonchev–Trinajstić information content (AvgIpc) is 2.39. The first-order valence-corrected chi connectivity index (χ1v) is 5.75. The van der Waals surface area contributed by atoms with Crippen LogP contribution >= 0.6 is 0 Å². The van der Waals surface area contributed by atoms with Crippen LogP contribution in [0.1, 0.15) is 34.9 Å². The second kappa shape index (κ2) is 5.23. The van der Waals surface area contributed by atoms with Gasteiger partial charge in [-0.15, -0.1) is 0 Å². The minimum atomic E-state index is -0.443. The Kier molecular flexibility index (Phi) is 3.70. The van der Waals surface area contributed by atoms with Crippen molar-refractivity contribution in [2.45, 2.75) is 18.9 Å². The number of aliphatic hydroxyl groups is 1. The molecule has 3 heteroatoms. The van der Waals surface area contributed by atoms with Gasteiger partial charge in [0.1, 0.15) is 6.29 Å². The second-order valence-electron chi connectivity index (χ2n) is 4.32. The number of nitrogens with one attached hydrogen (secondary N) is 1. The Labute approximate surface area is 95.5 Å². The summed E-state index contributed by atoms with van der Waals surface area (Å²) in [6.45, 7) is 1.93. The highest BCUT2D eigenvalue weighted by Gasteiger charge is 2.22. The molecule has 1 aliphatic rings. The van der Waals surface area contributed by atoms with E-state index in [0.29, 0.717) is 11.5 Å². The van der Waals surface area contributed by atoms with Gasteiger partial charge in [-0.2, -0.15) is 0 Å². The van der Waals surface area contributed by atoms with Crippen molar-refractivity contribution in [3.8, 4) is 0 Å². The molecule has 1 atom stereocenters. The Balaban J connectivity index is 2.12. The largest absolute Gasteiger partial charge is 0.388 e. The quantitative estimate of drug-likeness (QED) is 0.758. The number of aldehydes is 1. The number of benzene rings is 1. The van der Waals surface area contributed by atoms with E-state index in [0.717, 1.165) is 37.8 Å². The van der Waals surface area contributed by atoms with E-state index in [1.54, 1.807) is 12.1 Å². The minimum absolute atomic E-state index is 0.308. The molecule has 0 radical (unpaired) electrons. The standard InChI is InChI=1S/C13H17NO2/c15-9-10-2-1-3-12(8-10)13(16)11-4-6-14-7-5-11/h1-3,8-9,11,13-14,16H,4-7H2. The number of carbonyl (C=O) groups is 1. The molecular weight excluding hydrogens is 202 g/mol. The van der Waals surface area contributed by atoms with Gasteiger partial charge in [0.25, 0.3) is 0 Å². The van der Waals surface area contributed by atoms with Crippen LogP contribution in [0.5, 0.6) is 0 Å². The molecule has 0 bridgehead atoms. The Hall–Kier alpha value is -1.19. The van der Waals surface area contributed by atoms with E-state index in [-0.39, 0.29) is 0 Å². The van der Waals surface area contributed by atoms with Gasteiger partial charge in [0, 0.05) is 5.56 Å². The van der Waals surface area contributed by atoms with Crippen LogP contribution in [0.2, 0.25) is 0 Å². The number of rotatable bonds is 3. The molecule has 1 aromatic rings. The van der Waals surface area contributed by atoms with Crippen LogP contribution in [-0.2, 0) is 0 Å². The Morgan fingerprint density at radius 3 is 2.81 bits per heavy atom. The molecule has 1 saturated heterocycles. The third-order valence-electron chi connectivity index (χ3n) is 3.22. The molecule has 3 nitrogen and oxygen atoms in total. The molecule has 0 amide bonds. The summed E-state index contributed by atoms with van der Waals surface area (Å²) < 4.78 is 0. The van der Waals surface area contributed by atoms with Crippen molar-refractivity contribution in [3.05, 3.63) is 35.4 Å². The highest BCUT2D eigenvalue weighted by Crippen LogP contribution is 2.28. The first-order chi connectivity index (χ1) is 7.81. The average molecular weight is 219 g/mol. The normalized spacial score (nSPS) is 19.3. The van der Waals surface area contributed by atoms with E-state index in [4.69, 9.17) is 0 Å². The van der Waals surface area contributed by atoms with Gasteiger partial charge < -0.3 is 10.4 Å². The van der Waals surface area contributed by atoms with Crippen LogP contribution in [0.4, 0.5) is 0 Å². The molecule has 86 valence electrons. The van der Waals surface area contributed by atoms with Gasteiger partial charge in [0.05, 0.1) is 6.10 Å². The minimum Gasteiger partial charge on any atom is -0.388 e. The maximum Gasteiger partial charge on any atom is 0.150 e. The molecule has 0 aliphatic carbocycles. The number of hydrogen-bond acceptors (Lipinski definition) is 3. The van der Waals surface area contributed by atoms with Gasteiger partial charge in [0.2, 0.25) is 0 Å². The number of carbonyl (C=O) groups excluding carboxylic acids is 1. The van der Waals surface area contributed by atoms with Crippen LogP contribution in [-0.4, -0.2) is 24.5 Å². The van der Waals surface area contributed by atoms with Crippen LogP contribution < -0.4 is 5.32 Å². The third kappa shape index (κ3) is 2.49. The SMILES string of the molecule is O=Cc1cccc(C(O)C2CCNCC2)c1. The summed E-state index contributed by atoms with van der Waals surface area (Å²) in [6, 6.07) is 7.24. The van der Waals surface area contributed by atoms with Crippen molar-refractivity contribution in [1.29, 1.82) is 0 Å². The van der Waals surface area contributed by atoms with Crippen molar-refractivity contribution in [1.82, 2.24) is 5.32 Å². The molecule has 0 spiro atoms. The Morgan fingerprint density at radius 1 is 1.38 bits per heavy atom. The Morgan fingerprint density at radius 2 is 2.12 bits per heavy atom. The fourth-order valence-corrected chi connectivity index (χ4v) is 2.25. The van der Waals surface area contributed by atoms with Gasteiger partial charge in [-0.25, -0.2) is 0 Å². The first-order valence-electron chi connectivity index (χ1n) is 5.75. The number of piperidine rings is 1. The summed E-state index contributed by atoms with van der Waals surface area (Å²) in [4.78, 5) is 10.7. The zero-order valence-electron chi connectivity index (χ0n) is 9.23. The molecule has 1 fully saturated rings.